The maximum atomic E-state index is 11.8. The Morgan fingerprint density at radius 3 is 3.00 bits per heavy atom. The summed E-state index contributed by atoms with van der Waals surface area (Å²) in [5.41, 5.74) is 1.72. The Kier molecular flexibility index (Phi) is 3.78. The molecule has 1 aliphatic carbocycles. The fourth-order valence-corrected chi connectivity index (χ4v) is 2.06. The smallest absolute Gasteiger partial charge is 0.238 e. The van der Waals surface area contributed by atoms with Gasteiger partial charge in [0, 0.05) is 18.1 Å². The normalized spacial score (nSPS) is 14.2. The van der Waals surface area contributed by atoms with Crippen molar-refractivity contribution in [2.45, 2.75) is 12.8 Å². The number of hydrogen-bond acceptors (Lipinski definition) is 3. The molecule has 3 rings (SSSR count). The van der Waals surface area contributed by atoms with Gasteiger partial charge in [-0.15, -0.1) is 0 Å². The summed E-state index contributed by atoms with van der Waals surface area (Å²) < 4.78 is 1.76. The van der Waals surface area contributed by atoms with Crippen molar-refractivity contribution in [1.29, 1.82) is 0 Å². The lowest BCUT2D eigenvalue weighted by Crippen LogP contribution is -2.29. The molecule has 1 fully saturated rings. The average molecular weight is 270 g/mol. The molecule has 0 spiro atoms. The van der Waals surface area contributed by atoms with E-state index in [1.165, 1.54) is 12.8 Å². The van der Waals surface area contributed by atoms with E-state index in [1.807, 2.05) is 36.5 Å². The van der Waals surface area contributed by atoms with Crippen molar-refractivity contribution in [2.24, 2.45) is 5.92 Å². The molecule has 0 saturated heterocycles. The average Bonchev–Trinajstić information content (AvgIpc) is 3.10. The number of carbonyl (C=O) groups excluding carboxylic acids is 1. The standard InChI is InChI=1S/C15H18N4O/c20-15(11-16-10-12-5-6-12)18-13-3-1-4-14(9-13)19-8-2-7-17-19/h1-4,7-9,12,16H,5-6,10-11H2,(H,18,20). The van der Waals surface area contributed by atoms with Crippen molar-refractivity contribution in [2.75, 3.05) is 18.4 Å². The van der Waals surface area contributed by atoms with Crippen LogP contribution in [0, 0.1) is 5.92 Å². The quantitative estimate of drug-likeness (QED) is 0.841. The number of hydrogen-bond donors (Lipinski definition) is 2. The van der Waals surface area contributed by atoms with Gasteiger partial charge in [-0.3, -0.25) is 4.79 Å². The lowest BCUT2D eigenvalue weighted by molar-refractivity contribution is -0.115. The van der Waals surface area contributed by atoms with Crippen LogP contribution in [0.2, 0.25) is 0 Å². The Hall–Kier alpha value is -2.14. The fourth-order valence-electron chi connectivity index (χ4n) is 2.06. The first kappa shape index (κ1) is 12.9. The van der Waals surface area contributed by atoms with E-state index in [-0.39, 0.29) is 5.91 Å². The summed E-state index contributed by atoms with van der Waals surface area (Å²) in [5, 5.41) is 10.3. The third-order valence-electron chi connectivity index (χ3n) is 3.31. The maximum Gasteiger partial charge on any atom is 0.238 e. The third kappa shape index (κ3) is 3.45. The van der Waals surface area contributed by atoms with Crippen LogP contribution in [0.25, 0.3) is 5.69 Å². The van der Waals surface area contributed by atoms with Crippen LogP contribution < -0.4 is 10.6 Å². The van der Waals surface area contributed by atoms with Crippen LogP contribution >= 0.6 is 0 Å². The van der Waals surface area contributed by atoms with E-state index in [0.717, 1.165) is 23.8 Å². The summed E-state index contributed by atoms with van der Waals surface area (Å²) in [4.78, 5) is 11.8. The molecule has 104 valence electrons. The molecule has 0 atom stereocenters. The Morgan fingerprint density at radius 1 is 1.35 bits per heavy atom. The number of aromatic nitrogens is 2. The van der Waals surface area contributed by atoms with Crippen LogP contribution in [0.3, 0.4) is 0 Å². The predicted molar refractivity (Wildman–Crippen MR) is 77.8 cm³/mol. The number of amides is 1. The monoisotopic (exact) mass is 270 g/mol. The molecule has 1 aromatic heterocycles. The van der Waals surface area contributed by atoms with E-state index in [9.17, 15) is 4.79 Å². The van der Waals surface area contributed by atoms with Crippen LogP contribution in [-0.4, -0.2) is 28.8 Å². The van der Waals surface area contributed by atoms with E-state index in [2.05, 4.69) is 15.7 Å². The van der Waals surface area contributed by atoms with Gasteiger partial charge in [-0.25, -0.2) is 4.68 Å². The summed E-state index contributed by atoms with van der Waals surface area (Å²) in [7, 11) is 0. The van der Waals surface area contributed by atoms with Gasteiger partial charge >= 0.3 is 0 Å². The first-order valence-electron chi connectivity index (χ1n) is 6.92. The zero-order valence-electron chi connectivity index (χ0n) is 11.2. The van der Waals surface area contributed by atoms with Crippen LogP contribution in [-0.2, 0) is 4.79 Å². The first-order valence-corrected chi connectivity index (χ1v) is 6.92. The van der Waals surface area contributed by atoms with Crippen molar-refractivity contribution in [1.82, 2.24) is 15.1 Å². The van der Waals surface area contributed by atoms with Crippen molar-refractivity contribution >= 4 is 11.6 Å². The summed E-state index contributed by atoms with van der Waals surface area (Å²) in [6.07, 6.45) is 6.19. The minimum atomic E-state index is -0.0109. The molecule has 0 bridgehead atoms. The van der Waals surface area contributed by atoms with Crippen LogP contribution in [0.1, 0.15) is 12.8 Å². The number of nitrogens with zero attached hydrogens (tertiary/aromatic N) is 2. The van der Waals surface area contributed by atoms with Crippen molar-refractivity contribution < 1.29 is 4.79 Å². The highest BCUT2D eigenvalue weighted by molar-refractivity contribution is 5.92. The second kappa shape index (κ2) is 5.88. The number of anilines is 1. The van der Waals surface area contributed by atoms with Gasteiger partial charge in [-0.05, 0) is 49.6 Å². The number of nitrogens with one attached hydrogen (secondary N) is 2. The van der Waals surface area contributed by atoms with Gasteiger partial charge in [0.2, 0.25) is 5.91 Å². The van der Waals surface area contributed by atoms with Gasteiger partial charge in [0.15, 0.2) is 0 Å². The highest BCUT2D eigenvalue weighted by Crippen LogP contribution is 2.27. The molecule has 1 aromatic carbocycles. The third-order valence-corrected chi connectivity index (χ3v) is 3.31. The SMILES string of the molecule is O=C(CNCC1CC1)Nc1cccc(-n2cccn2)c1. The molecule has 5 nitrogen and oxygen atoms in total. The van der Waals surface area contributed by atoms with Crippen molar-refractivity contribution in [3.8, 4) is 5.69 Å². The minimum Gasteiger partial charge on any atom is -0.325 e. The van der Waals surface area contributed by atoms with Gasteiger partial charge in [-0.1, -0.05) is 6.07 Å². The molecule has 2 aromatic rings. The second-order valence-electron chi connectivity index (χ2n) is 5.12. The molecule has 20 heavy (non-hydrogen) atoms. The maximum absolute atomic E-state index is 11.8. The number of benzene rings is 1. The van der Waals surface area contributed by atoms with Crippen LogP contribution in [0.5, 0.6) is 0 Å². The van der Waals surface area contributed by atoms with Gasteiger partial charge in [0.05, 0.1) is 12.2 Å². The Labute approximate surface area is 118 Å². The molecule has 5 heteroatoms. The van der Waals surface area contributed by atoms with E-state index in [1.54, 1.807) is 10.9 Å². The van der Waals surface area contributed by atoms with Crippen LogP contribution in [0.15, 0.2) is 42.7 Å². The summed E-state index contributed by atoms with van der Waals surface area (Å²) >= 11 is 0. The largest absolute Gasteiger partial charge is 0.325 e. The number of rotatable bonds is 6. The second-order valence-corrected chi connectivity index (χ2v) is 5.12. The Bertz CT molecular complexity index is 575. The lowest BCUT2D eigenvalue weighted by Gasteiger charge is -2.08. The van der Waals surface area contributed by atoms with Crippen LogP contribution in [0.4, 0.5) is 5.69 Å². The van der Waals surface area contributed by atoms with Gasteiger partial charge in [0.25, 0.3) is 0 Å². The van der Waals surface area contributed by atoms with Crippen molar-refractivity contribution in [3.05, 3.63) is 42.7 Å². The summed E-state index contributed by atoms with van der Waals surface area (Å²) in [6, 6.07) is 9.52. The van der Waals surface area contributed by atoms with E-state index < -0.39 is 0 Å². The molecular formula is C15H18N4O. The molecule has 1 amide bonds. The molecule has 0 aliphatic heterocycles. The van der Waals surface area contributed by atoms with E-state index in [0.29, 0.717) is 6.54 Å². The predicted octanol–water partition coefficient (Wildman–Crippen LogP) is 1.81. The molecule has 0 radical (unpaired) electrons. The fraction of sp³-hybridized carbons (Fsp3) is 0.333. The molecule has 1 saturated carbocycles. The lowest BCUT2D eigenvalue weighted by atomic mass is 10.2. The Balaban J connectivity index is 1.56. The van der Waals surface area contributed by atoms with Crippen molar-refractivity contribution in [3.63, 3.8) is 0 Å². The number of carbonyl (C=O) groups is 1. The zero-order valence-corrected chi connectivity index (χ0v) is 11.2. The van der Waals surface area contributed by atoms with E-state index in [4.69, 9.17) is 0 Å². The zero-order chi connectivity index (χ0) is 13.8. The highest BCUT2D eigenvalue weighted by atomic mass is 16.1. The molecule has 1 aliphatic rings. The first-order chi connectivity index (χ1) is 9.81. The molecule has 2 N–H and O–H groups in total. The Morgan fingerprint density at radius 2 is 2.25 bits per heavy atom. The summed E-state index contributed by atoms with van der Waals surface area (Å²) in [6.45, 7) is 1.31. The van der Waals surface area contributed by atoms with Gasteiger partial charge < -0.3 is 10.6 Å². The molecule has 1 heterocycles. The van der Waals surface area contributed by atoms with E-state index >= 15 is 0 Å². The topological polar surface area (TPSA) is 59.0 Å². The minimum absolute atomic E-state index is 0.0109. The molecular weight excluding hydrogens is 252 g/mol. The van der Waals surface area contributed by atoms with Gasteiger partial charge in [0.1, 0.15) is 0 Å². The summed E-state index contributed by atoms with van der Waals surface area (Å²) in [5.74, 6) is 0.772. The molecule has 0 unspecified atom stereocenters. The van der Waals surface area contributed by atoms with Gasteiger partial charge in [-0.2, -0.15) is 5.10 Å². The highest BCUT2D eigenvalue weighted by Gasteiger charge is 2.20.